The van der Waals surface area contributed by atoms with E-state index in [1.165, 1.54) is 12.2 Å². The van der Waals surface area contributed by atoms with Crippen LogP contribution in [0.25, 0.3) is 0 Å². The van der Waals surface area contributed by atoms with Gasteiger partial charge in [0.1, 0.15) is 0 Å². The average molecular weight is 201 g/mol. The molecule has 0 amide bonds. The Balaban J connectivity index is 3.24. The molecule has 0 bridgehead atoms. The van der Waals surface area contributed by atoms with E-state index in [0.29, 0.717) is 0 Å². The summed E-state index contributed by atoms with van der Waals surface area (Å²) in [6, 6.07) is 0. The molecule has 70 valence electrons. The van der Waals surface area contributed by atoms with E-state index in [2.05, 4.69) is 0 Å². The summed E-state index contributed by atoms with van der Waals surface area (Å²) in [6.07, 6.45) is 3.87. The standard InChI is InChI=1S/C7H7NO4S/c1-5-2-3-6(8(9)10)4-7(5)13(11)12/h2-5H,1H3. The van der Waals surface area contributed by atoms with Crippen molar-refractivity contribution in [3.05, 3.63) is 34.0 Å². The van der Waals surface area contributed by atoms with E-state index < -0.39 is 15.2 Å². The van der Waals surface area contributed by atoms with Gasteiger partial charge in [0.2, 0.25) is 10.3 Å². The first kappa shape index (κ1) is 9.66. The molecule has 1 rings (SSSR count). The molecule has 6 heteroatoms. The number of nitro groups is 1. The predicted molar refractivity (Wildman–Crippen MR) is 47.3 cm³/mol. The fourth-order valence-electron chi connectivity index (χ4n) is 0.977. The van der Waals surface area contributed by atoms with Gasteiger partial charge < -0.3 is 0 Å². The summed E-state index contributed by atoms with van der Waals surface area (Å²) >= 11 is 0. The molecule has 0 radical (unpaired) electrons. The predicted octanol–water partition coefficient (Wildman–Crippen LogP) is 0.404. The highest BCUT2D eigenvalue weighted by Crippen LogP contribution is 2.13. The van der Waals surface area contributed by atoms with Gasteiger partial charge in [-0.25, -0.2) is 0 Å². The van der Waals surface area contributed by atoms with Gasteiger partial charge in [-0.3, -0.25) is 10.1 Å². The molecule has 0 spiro atoms. The third kappa shape index (κ3) is 2.03. The van der Waals surface area contributed by atoms with E-state index in [9.17, 15) is 18.5 Å². The molecule has 5 nitrogen and oxygen atoms in total. The van der Waals surface area contributed by atoms with Crippen molar-refractivity contribution in [2.45, 2.75) is 6.92 Å². The highest BCUT2D eigenvalue weighted by atomic mass is 32.2. The summed E-state index contributed by atoms with van der Waals surface area (Å²) in [5, 5.41) is 10.3. The van der Waals surface area contributed by atoms with Crippen molar-refractivity contribution in [3.63, 3.8) is 0 Å². The van der Waals surface area contributed by atoms with Crippen LogP contribution in [0.4, 0.5) is 0 Å². The molecular formula is C7H7NO4S. The summed E-state index contributed by atoms with van der Waals surface area (Å²) < 4.78 is 21.2. The van der Waals surface area contributed by atoms with Gasteiger partial charge in [0.25, 0.3) is 5.70 Å². The summed E-state index contributed by atoms with van der Waals surface area (Å²) in [7, 11) is -2.38. The molecule has 1 atom stereocenters. The van der Waals surface area contributed by atoms with Crippen molar-refractivity contribution < 1.29 is 13.3 Å². The zero-order valence-electron chi connectivity index (χ0n) is 6.80. The van der Waals surface area contributed by atoms with Gasteiger partial charge in [-0.05, 0) is 0 Å². The minimum atomic E-state index is -2.38. The van der Waals surface area contributed by atoms with E-state index in [1.54, 1.807) is 6.92 Å². The Morgan fingerprint density at radius 1 is 1.54 bits per heavy atom. The number of rotatable bonds is 1. The Kier molecular flexibility index (Phi) is 2.62. The largest absolute Gasteiger partial charge is 0.270 e. The van der Waals surface area contributed by atoms with Crippen molar-refractivity contribution in [1.29, 1.82) is 0 Å². The maximum Gasteiger partial charge on any atom is 0.270 e. The van der Waals surface area contributed by atoms with Gasteiger partial charge in [0.15, 0.2) is 0 Å². The van der Waals surface area contributed by atoms with Crippen LogP contribution in [0.15, 0.2) is 23.9 Å². The van der Waals surface area contributed by atoms with E-state index in [4.69, 9.17) is 0 Å². The van der Waals surface area contributed by atoms with Gasteiger partial charge >= 0.3 is 0 Å². The molecule has 0 aromatic carbocycles. The van der Waals surface area contributed by atoms with Gasteiger partial charge in [0, 0.05) is 18.1 Å². The first-order chi connectivity index (χ1) is 6.02. The highest BCUT2D eigenvalue weighted by molar-refractivity contribution is 7.73. The molecule has 1 aliphatic rings. The fraction of sp³-hybridized carbons (Fsp3) is 0.286. The average Bonchev–Trinajstić information content (AvgIpc) is 2.04. The van der Waals surface area contributed by atoms with Crippen molar-refractivity contribution in [1.82, 2.24) is 0 Å². The van der Waals surface area contributed by atoms with Crippen LogP contribution in [-0.4, -0.2) is 18.2 Å². The minimum absolute atomic E-state index is 0.0502. The van der Waals surface area contributed by atoms with Crippen molar-refractivity contribution in [2.24, 2.45) is 5.92 Å². The minimum Gasteiger partial charge on any atom is -0.258 e. The van der Waals surface area contributed by atoms with E-state index in [-0.39, 0.29) is 16.5 Å². The van der Waals surface area contributed by atoms with E-state index >= 15 is 0 Å². The van der Waals surface area contributed by atoms with Crippen molar-refractivity contribution in [2.75, 3.05) is 0 Å². The fourth-order valence-corrected chi connectivity index (χ4v) is 1.58. The molecular weight excluding hydrogens is 194 g/mol. The van der Waals surface area contributed by atoms with Crippen LogP contribution in [-0.2, 0) is 10.3 Å². The maximum absolute atomic E-state index is 10.6. The number of nitrogens with zero attached hydrogens (tertiary/aromatic N) is 1. The molecule has 0 fully saturated rings. The number of hydrogen-bond acceptors (Lipinski definition) is 4. The lowest BCUT2D eigenvalue weighted by Crippen LogP contribution is -2.13. The number of hydrogen-bond donors (Lipinski definition) is 0. The Morgan fingerprint density at radius 2 is 2.15 bits per heavy atom. The van der Waals surface area contributed by atoms with Crippen molar-refractivity contribution in [3.8, 4) is 0 Å². The Morgan fingerprint density at radius 3 is 2.62 bits per heavy atom. The lowest BCUT2D eigenvalue weighted by molar-refractivity contribution is -0.419. The molecule has 0 saturated carbocycles. The van der Waals surface area contributed by atoms with Crippen LogP contribution in [0.2, 0.25) is 0 Å². The normalized spacial score (nSPS) is 21.2. The molecule has 13 heavy (non-hydrogen) atoms. The zero-order chi connectivity index (χ0) is 10.0. The number of allylic oxidation sites excluding steroid dienone is 3. The van der Waals surface area contributed by atoms with E-state index in [0.717, 1.165) is 6.08 Å². The molecule has 0 aromatic heterocycles. The van der Waals surface area contributed by atoms with Crippen LogP contribution >= 0.6 is 0 Å². The third-order valence-electron chi connectivity index (χ3n) is 1.70. The second-order valence-corrected chi connectivity index (χ2v) is 3.55. The first-order valence-electron chi connectivity index (χ1n) is 3.52. The SMILES string of the molecule is CC1C=CC([N+](=O)[O-])=CC1=S(=O)=O. The van der Waals surface area contributed by atoms with Gasteiger partial charge in [0.05, 0.1) is 9.79 Å². The smallest absolute Gasteiger partial charge is 0.258 e. The zero-order valence-corrected chi connectivity index (χ0v) is 7.61. The van der Waals surface area contributed by atoms with Crippen LogP contribution < -0.4 is 0 Å². The van der Waals surface area contributed by atoms with Crippen LogP contribution in [0.3, 0.4) is 0 Å². The molecule has 0 saturated heterocycles. The summed E-state index contributed by atoms with van der Waals surface area (Å²) in [6.45, 7) is 1.66. The lowest BCUT2D eigenvalue weighted by atomic mass is 10.0. The van der Waals surface area contributed by atoms with Crippen molar-refractivity contribution >= 4 is 15.2 Å². The second-order valence-electron chi connectivity index (χ2n) is 2.61. The molecule has 1 aliphatic carbocycles. The second kappa shape index (κ2) is 3.53. The molecule has 0 heterocycles. The quantitative estimate of drug-likeness (QED) is 0.349. The topological polar surface area (TPSA) is 77.3 Å². The monoisotopic (exact) mass is 201 g/mol. The van der Waals surface area contributed by atoms with Gasteiger partial charge in [-0.2, -0.15) is 8.42 Å². The van der Waals surface area contributed by atoms with Crippen LogP contribution in [0, 0.1) is 16.0 Å². The maximum atomic E-state index is 10.6. The Labute approximate surface area is 76.1 Å². The lowest BCUT2D eigenvalue weighted by Gasteiger charge is -2.06. The first-order valence-corrected chi connectivity index (χ1v) is 4.60. The molecule has 1 unspecified atom stereocenters. The molecule has 0 aliphatic heterocycles. The summed E-state index contributed by atoms with van der Waals surface area (Å²) in [5.41, 5.74) is -0.197. The van der Waals surface area contributed by atoms with Crippen LogP contribution in [0.1, 0.15) is 6.92 Å². The summed E-state index contributed by atoms with van der Waals surface area (Å²) in [4.78, 5) is 9.74. The Hall–Kier alpha value is -1.43. The highest BCUT2D eigenvalue weighted by Gasteiger charge is 2.18. The van der Waals surface area contributed by atoms with Gasteiger partial charge in [-0.1, -0.05) is 13.0 Å². The molecule has 0 N–H and O–H groups in total. The summed E-state index contributed by atoms with van der Waals surface area (Å²) in [5.74, 6) is -0.290. The van der Waals surface area contributed by atoms with Crippen LogP contribution in [0.5, 0.6) is 0 Å². The third-order valence-corrected chi connectivity index (χ3v) is 2.57. The van der Waals surface area contributed by atoms with E-state index in [1.807, 2.05) is 0 Å². The van der Waals surface area contributed by atoms with Gasteiger partial charge in [-0.15, -0.1) is 0 Å². The molecule has 0 aromatic rings. The Bertz CT molecular complexity index is 421.